The molecule has 0 unspecified atom stereocenters. The molecule has 0 spiro atoms. The van der Waals surface area contributed by atoms with Gasteiger partial charge in [-0.25, -0.2) is 13.2 Å². The molecule has 11 heteroatoms. The van der Waals surface area contributed by atoms with Gasteiger partial charge in [-0.05, 0) is 30.2 Å². The van der Waals surface area contributed by atoms with Crippen LogP contribution in [0.2, 0.25) is 0 Å². The Morgan fingerprint density at radius 3 is 2.27 bits per heavy atom. The third kappa shape index (κ3) is 5.79. The summed E-state index contributed by atoms with van der Waals surface area (Å²) in [6.07, 6.45) is 4.26. The van der Waals surface area contributed by atoms with Crippen molar-refractivity contribution >= 4 is 33.5 Å². The molecule has 2 rings (SSSR count). The van der Waals surface area contributed by atoms with Crippen molar-refractivity contribution in [3.8, 4) is 0 Å². The van der Waals surface area contributed by atoms with Gasteiger partial charge in [0, 0.05) is 32.8 Å². The molecule has 33 heavy (non-hydrogen) atoms. The van der Waals surface area contributed by atoms with Gasteiger partial charge < -0.3 is 10.6 Å². The minimum Gasteiger partial charge on any atom is -0.383 e. The molecular formula is C22H31N5O5S. The Balaban J connectivity index is 2.26. The number of nitrogens with one attached hydrogen (secondary N) is 1. The Kier molecular flexibility index (Phi) is 8.77. The van der Waals surface area contributed by atoms with Gasteiger partial charge in [0.2, 0.25) is 10.0 Å². The Morgan fingerprint density at radius 1 is 1.12 bits per heavy atom. The van der Waals surface area contributed by atoms with Gasteiger partial charge in [-0.15, -0.1) is 0 Å². The summed E-state index contributed by atoms with van der Waals surface area (Å²) in [5.41, 5.74) is 5.16. The van der Waals surface area contributed by atoms with Gasteiger partial charge in [-0.3, -0.25) is 19.1 Å². The number of aromatic nitrogens is 2. The highest BCUT2D eigenvalue weighted by Crippen LogP contribution is 2.18. The molecule has 0 saturated heterocycles. The lowest BCUT2D eigenvalue weighted by Gasteiger charge is -2.19. The van der Waals surface area contributed by atoms with Crippen molar-refractivity contribution in [2.75, 3.05) is 30.8 Å². The number of H-pyrrole nitrogens is 1. The molecule has 0 fully saturated rings. The zero-order valence-corrected chi connectivity index (χ0v) is 20.2. The van der Waals surface area contributed by atoms with Crippen molar-refractivity contribution < 1.29 is 13.2 Å². The quantitative estimate of drug-likeness (QED) is 0.499. The number of rotatable bonds is 10. The molecule has 1 heterocycles. The van der Waals surface area contributed by atoms with Gasteiger partial charge in [0.05, 0.1) is 4.90 Å². The van der Waals surface area contributed by atoms with Crippen molar-refractivity contribution in [1.82, 2.24) is 13.9 Å². The third-order valence-corrected chi connectivity index (χ3v) is 7.32. The summed E-state index contributed by atoms with van der Waals surface area (Å²) >= 11 is 0. The first kappa shape index (κ1) is 26.1. The second-order valence-corrected chi connectivity index (χ2v) is 9.33. The first-order valence-corrected chi connectivity index (χ1v) is 12.2. The Morgan fingerprint density at radius 2 is 1.73 bits per heavy atom. The number of amides is 1. The molecular weight excluding hydrogens is 446 g/mol. The molecule has 0 aliphatic rings. The van der Waals surface area contributed by atoms with E-state index in [0.29, 0.717) is 31.6 Å². The number of hydrogen-bond acceptors (Lipinski definition) is 6. The predicted octanol–water partition coefficient (Wildman–Crippen LogP) is 1.63. The maximum atomic E-state index is 12.7. The monoisotopic (exact) mass is 477 g/mol. The number of anilines is 2. The fourth-order valence-electron chi connectivity index (χ4n) is 3.29. The summed E-state index contributed by atoms with van der Waals surface area (Å²) in [5.74, 6) is -0.611. The summed E-state index contributed by atoms with van der Waals surface area (Å²) in [7, 11) is -2.18. The highest BCUT2D eigenvalue weighted by Gasteiger charge is 2.21. The van der Waals surface area contributed by atoms with E-state index in [1.165, 1.54) is 40.2 Å². The van der Waals surface area contributed by atoms with Crippen molar-refractivity contribution in [3.05, 3.63) is 56.7 Å². The number of likely N-dealkylation sites (N-methyl/N-ethyl adjacent to an activating group) is 1. The van der Waals surface area contributed by atoms with E-state index in [2.05, 4.69) is 4.98 Å². The fourth-order valence-corrected chi connectivity index (χ4v) is 4.75. The molecule has 180 valence electrons. The lowest BCUT2D eigenvalue weighted by molar-refractivity contribution is -0.113. The molecule has 1 aromatic heterocycles. The van der Waals surface area contributed by atoms with Crippen LogP contribution in [0, 0.1) is 0 Å². The number of unbranched alkanes of at least 4 members (excludes halogenated alkanes) is 1. The standard InChI is InChI=1S/C22H31N5O5S/c1-5-8-15-27-20(23)19(21(29)24-22(27)30)25(4)18(28)14-11-16-9-12-17(13-10-16)33(31,32)26(6-2)7-3/h9-14H,5-8,15,23H2,1-4H3,(H,24,29,30)/b14-11+. The van der Waals surface area contributed by atoms with Crippen LogP contribution in [0.3, 0.4) is 0 Å². The van der Waals surface area contributed by atoms with Crippen molar-refractivity contribution in [1.29, 1.82) is 0 Å². The van der Waals surface area contributed by atoms with Crippen molar-refractivity contribution in [2.24, 2.45) is 0 Å². The number of carbonyl (C=O) groups is 1. The molecule has 0 aliphatic heterocycles. The number of benzene rings is 1. The first-order chi connectivity index (χ1) is 15.6. The largest absolute Gasteiger partial charge is 0.383 e. The number of sulfonamides is 1. The number of aromatic amines is 1. The number of nitrogens with two attached hydrogens (primary N) is 1. The second-order valence-electron chi connectivity index (χ2n) is 7.39. The Hall–Kier alpha value is -3.18. The van der Waals surface area contributed by atoms with Crippen LogP contribution in [-0.2, 0) is 21.4 Å². The number of hydrogen-bond donors (Lipinski definition) is 2. The average Bonchev–Trinajstić information content (AvgIpc) is 2.78. The van der Waals surface area contributed by atoms with Crippen LogP contribution in [0.5, 0.6) is 0 Å². The molecule has 10 nitrogen and oxygen atoms in total. The van der Waals surface area contributed by atoms with E-state index >= 15 is 0 Å². The second kappa shape index (κ2) is 11.1. The summed E-state index contributed by atoms with van der Waals surface area (Å²) in [6, 6.07) is 6.14. The van der Waals surface area contributed by atoms with Crippen LogP contribution in [0.4, 0.5) is 11.5 Å². The van der Waals surface area contributed by atoms with Crippen molar-refractivity contribution in [3.63, 3.8) is 0 Å². The molecule has 2 aromatic rings. The van der Waals surface area contributed by atoms with E-state index in [4.69, 9.17) is 5.73 Å². The minimum atomic E-state index is -3.57. The molecule has 0 bridgehead atoms. The van der Waals surface area contributed by atoms with E-state index in [1.54, 1.807) is 26.0 Å². The maximum Gasteiger partial charge on any atom is 0.330 e. The van der Waals surface area contributed by atoms with Gasteiger partial charge in [-0.2, -0.15) is 4.31 Å². The van der Waals surface area contributed by atoms with Crippen LogP contribution >= 0.6 is 0 Å². The number of carbonyl (C=O) groups excluding carboxylic acids is 1. The normalized spacial score (nSPS) is 11.9. The molecule has 1 aromatic carbocycles. The average molecular weight is 478 g/mol. The van der Waals surface area contributed by atoms with Crippen LogP contribution < -0.4 is 21.9 Å². The third-order valence-electron chi connectivity index (χ3n) is 5.26. The van der Waals surface area contributed by atoms with Crippen LogP contribution in [0.25, 0.3) is 6.08 Å². The summed E-state index contributed by atoms with van der Waals surface area (Å²) < 4.78 is 27.8. The lowest BCUT2D eigenvalue weighted by Crippen LogP contribution is -2.38. The molecule has 0 radical (unpaired) electrons. The summed E-state index contributed by atoms with van der Waals surface area (Å²) in [4.78, 5) is 40.5. The zero-order valence-electron chi connectivity index (χ0n) is 19.4. The van der Waals surface area contributed by atoms with E-state index in [1.807, 2.05) is 6.92 Å². The smallest absolute Gasteiger partial charge is 0.330 e. The van der Waals surface area contributed by atoms with Crippen LogP contribution in [-0.4, -0.2) is 48.3 Å². The molecule has 0 atom stereocenters. The number of nitrogen functional groups attached to an aromatic ring is 1. The van der Waals surface area contributed by atoms with Crippen LogP contribution in [0.15, 0.2) is 44.8 Å². The maximum absolute atomic E-state index is 12.7. The van der Waals surface area contributed by atoms with E-state index in [-0.39, 0.29) is 16.4 Å². The fraction of sp³-hybridized carbons (Fsp3) is 0.409. The highest BCUT2D eigenvalue weighted by atomic mass is 32.2. The molecule has 1 amide bonds. The van der Waals surface area contributed by atoms with Gasteiger partial charge >= 0.3 is 5.69 Å². The first-order valence-electron chi connectivity index (χ1n) is 10.8. The summed E-state index contributed by atoms with van der Waals surface area (Å²) in [6.45, 7) is 6.57. The Labute approximate surface area is 193 Å². The van der Waals surface area contributed by atoms with E-state index in [0.717, 1.165) is 11.3 Å². The van der Waals surface area contributed by atoms with Gasteiger partial charge in [0.25, 0.3) is 11.5 Å². The van der Waals surface area contributed by atoms with E-state index < -0.39 is 27.2 Å². The molecule has 0 aliphatic carbocycles. The van der Waals surface area contributed by atoms with Gasteiger partial charge in [0.1, 0.15) is 5.82 Å². The predicted molar refractivity (Wildman–Crippen MR) is 130 cm³/mol. The Bertz CT molecular complexity index is 1230. The molecule has 3 N–H and O–H groups in total. The zero-order chi connectivity index (χ0) is 24.8. The lowest BCUT2D eigenvalue weighted by atomic mass is 10.2. The van der Waals surface area contributed by atoms with Crippen molar-refractivity contribution in [2.45, 2.75) is 45.1 Å². The van der Waals surface area contributed by atoms with E-state index in [9.17, 15) is 22.8 Å². The SMILES string of the molecule is CCCCn1c(N)c(N(C)C(=O)/C=C/c2ccc(S(=O)(=O)N(CC)CC)cc2)c(=O)[nH]c1=O. The number of nitrogens with zero attached hydrogens (tertiary/aromatic N) is 3. The minimum absolute atomic E-state index is 0.0765. The van der Waals surface area contributed by atoms with Crippen LogP contribution in [0.1, 0.15) is 39.2 Å². The molecule has 0 saturated carbocycles. The van der Waals surface area contributed by atoms with Gasteiger partial charge in [-0.1, -0.05) is 39.3 Å². The summed E-state index contributed by atoms with van der Waals surface area (Å²) in [5, 5.41) is 0. The topological polar surface area (TPSA) is 139 Å². The van der Waals surface area contributed by atoms with Gasteiger partial charge in [0.15, 0.2) is 5.69 Å². The highest BCUT2D eigenvalue weighted by molar-refractivity contribution is 7.89.